The number of nitro groups is 1. The maximum Gasteiger partial charge on any atom is 0.269 e. The van der Waals surface area contributed by atoms with E-state index < -0.39 is 20.7 Å². The number of nitrogens with zero attached hydrogens (tertiary/aromatic N) is 2. The minimum absolute atomic E-state index is 0.0816. The number of nitro benzene ring substituents is 1. The predicted octanol–water partition coefficient (Wildman–Crippen LogP) is 2.90. The third kappa shape index (κ3) is 3.75. The molecule has 134 valence electrons. The summed E-state index contributed by atoms with van der Waals surface area (Å²) in [6, 6.07) is 11.5. The van der Waals surface area contributed by atoms with Gasteiger partial charge in [0, 0.05) is 23.2 Å². The van der Waals surface area contributed by atoms with Gasteiger partial charge >= 0.3 is 0 Å². The number of non-ortho nitro benzene ring substituents is 1. The molecule has 0 radical (unpaired) electrons. The van der Waals surface area contributed by atoms with E-state index in [1.54, 1.807) is 12.1 Å². The molecule has 0 aromatic heterocycles. The Morgan fingerprint density at radius 2 is 1.89 bits per heavy atom. The fourth-order valence-corrected chi connectivity index (χ4v) is 3.67. The summed E-state index contributed by atoms with van der Waals surface area (Å²) in [7, 11) is -3.52. The van der Waals surface area contributed by atoms with Gasteiger partial charge in [0.1, 0.15) is 11.6 Å². The van der Waals surface area contributed by atoms with Crippen LogP contribution in [-0.4, -0.2) is 19.2 Å². The number of hydrogen-bond donors (Lipinski definition) is 1. The number of anilines is 1. The topological polar surface area (TPSA) is 130 Å². The summed E-state index contributed by atoms with van der Waals surface area (Å²) >= 11 is 0. The summed E-state index contributed by atoms with van der Waals surface area (Å²) < 4.78 is 23.8. The van der Waals surface area contributed by atoms with Crippen LogP contribution in [0.5, 0.6) is 0 Å². The van der Waals surface area contributed by atoms with E-state index in [2.05, 4.69) is 5.32 Å². The molecule has 0 fully saturated rings. The highest BCUT2D eigenvalue weighted by molar-refractivity contribution is 7.94. The fraction of sp³-hybridized carbons (Fsp3) is 0. The third-order valence-corrected chi connectivity index (χ3v) is 5.25. The minimum Gasteiger partial charge on any atom is -0.321 e. The molecule has 0 unspecified atom stereocenters. The zero-order chi connectivity index (χ0) is 19.6. The lowest BCUT2D eigenvalue weighted by molar-refractivity contribution is -0.384. The van der Waals surface area contributed by atoms with E-state index >= 15 is 0 Å². The number of carbonyl (C=O) groups excluding carboxylic acids is 1. The summed E-state index contributed by atoms with van der Waals surface area (Å²) in [6.45, 7) is 0. The lowest BCUT2D eigenvalue weighted by Gasteiger charge is -2.06. The number of rotatable bonds is 4. The normalized spacial score (nSPS) is 14.3. The van der Waals surface area contributed by atoms with Gasteiger partial charge in [0.05, 0.1) is 9.82 Å². The Labute approximate surface area is 154 Å². The number of sulfone groups is 1. The fourth-order valence-electron chi connectivity index (χ4n) is 2.44. The van der Waals surface area contributed by atoms with Crippen LogP contribution in [0.15, 0.2) is 58.3 Å². The van der Waals surface area contributed by atoms with Crippen LogP contribution in [-0.2, 0) is 14.6 Å². The quantitative estimate of drug-likeness (QED) is 0.375. The van der Waals surface area contributed by atoms with Crippen molar-refractivity contribution in [2.75, 3.05) is 5.32 Å². The lowest BCUT2D eigenvalue weighted by atomic mass is 10.1. The molecule has 1 amide bonds. The van der Waals surface area contributed by atoms with Gasteiger partial charge in [-0.25, -0.2) is 8.42 Å². The monoisotopic (exact) mass is 381 g/mol. The molecular weight excluding hydrogens is 370 g/mol. The highest BCUT2D eigenvalue weighted by atomic mass is 32.2. The maximum absolute atomic E-state index is 12.3. The molecule has 3 rings (SSSR count). The number of carbonyl (C=O) groups is 1. The van der Waals surface area contributed by atoms with Crippen molar-refractivity contribution < 1.29 is 18.1 Å². The van der Waals surface area contributed by atoms with Gasteiger partial charge in [-0.1, -0.05) is 6.07 Å². The molecule has 1 heterocycles. The second kappa shape index (κ2) is 6.86. The second-order valence-electron chi connectivity index (χ2n) is 5.57. The first-order chi connectivity index (χ1) is 12.8. The molecule has 0 aliphatic carbocycles. The Morgan fingerprint density at radius 3 is 2.52 bits per heavy atom. The van der Waals surface area contributed by atoms with Gasteiger partial charge in [-0.2, -0.15) is 5.26 Å². The Hall–Kier alpha value is -3.77. The van der Waals surface area contributed by atoms with E-state index in [9.17, 15) is 28.6 Å². The molecule has 1 aliphatic heterocycles. The Morgan fingerprint density at radius 1 is 1.19 bits per heavy atom. The SMILES string of the molecule is N#C/C(=C\c1ccc([N+](=O)[O-])cc1)C(=O)Nc1ccc2c(c1)S(=O)(=O)C=C2. The van der Waals surface area contributed by atoms with Crippen LogP contribution in [0, 0.1) is 21.4 Å². The van der Waals surface area contributed by atoms with E-state index in [-0.39, 0.29) is 21.8 Å². The van der Waals surface area contributed by atoms with Crippen molar-refractivity contribution in [2.45, 2.75) is 4.90 Å². The summed E-state index contributed by atoms with van der Waals surface area (Å²) in [5, 5.41) is 23.4. The van der Waals surface area contributed by atoms with Crippen molar-refractivity contribution in [3.63, 3.8) is 0 Å². The van der Waals surface area contributed by atoms with E-state index in [1.165, 1.54) is 48.6 Å². The van der Waals surface area contributed by atoms with Crippen LogP contribution >= 0.6 is 0 Å². The average molecular weight is 381 g/mol. The second-order valence-corrected chi connectivity index (χ2v) is 7.37. The van der Waals surface area contributed by atoms with Crippen molar-refractivity contribution in [2.24, 2.45) is 0 Å². The highest BCUT2D eigenvalue weighted by Gasteiger charge is 2.21. The van der Waals surface area contributed by atoms with Gasteiger partial charge in [0.15, 0.2) is 0 Å². The molecule has 27 heavy (non-hydrogen) atoms. The van der Waals surface area contributed by atoms with Crippen molar-refractivity contribution in [3.05, 3.63) is 74.7 Å². The van der Waals surface area contributed by atoms with E-state index in [4.69, 9.17) is 0 Å². The molecular formula is C18H11N3O5S. The molecule has 0 atom stereocenters. The number of hydrogen-bond acceptors (Lipinski definition) is 6. The first kappa shape index (κ1) is 18.0. The Bertz CT molecular complexity index is 1160. The first-order valence-electron chi connectivity index (χ1n) is 7.55. The molecule has 1 N–H and O–H groups in total. The number of fused-ring (bicyclic) bond motifs is 1. The average Bonchev–Trinajstić information content (AvgIpc) is 2.94. The Kier molecular flexibility index (Phi) is 4.58. The zero-order valence-electron chi connectivity index (χ0n) is 13.6. The van der Waals surface area contributed by atoms with Crippen molar-refractivity contribution in [1.82, 2.24) is 0 Å². The van der Waals surface area contributed by atoms with E-state index in [1.807, 2.05) is 0 Å². The van der Waals surface area contributed by atoms with Gasteiger partial charge in [-0.3, -0.25) is 14.9 Å². The molecule has 0 bridgehead atoms. The molecule has 0 spiro atoms. The summed E-state index contributed by atoms with van der Waals surface area (Å²) in [5.41, 5.74) is 0.854. The van der Waals surface area contributed by atoms with Crippen LogP contribution in [0.1, 0.15) is 11.1 Å². The summed E-state index contributed by atoms with van der Waals surface area (Å²) in [6.07, 6.45) is 2.75. The third-order valence-electron chi connectivity index (χ3n) is 3.78. The molecule has 2 aromatic carbocycles. The first-order valence-corrected chi connectivity index (χ1v) is 9.09. The van der Waals surface area contributed by atoms with Gasteiger partial charge in [0.25, 0.3) is 11.6 Å². The van der Waals surface area contributed by atoms with Crippen LogP contribution in [0.2, 0.25) is 0 Å². The van der Waals surface area contributed by atoms with Crippen molar-refractivity contribution in [1.29, 1.82) is 5.26 Å². The number of benzene rings is 2. The molecule has 9 heteroatoms. The van der Waals surface area contributed by atoms with Gasteiger partial charge in [-0.15, -0.1) is 0 Å². The van der Waals surface area contributed by atoms with E-state index in [0.29, 0.717) is 11.1 Å². The van der Waals surface area contributed by atoms with Crippen LogP contribution in [0.3, 0.4) is 0 Å². The number of nitrogens with one attached hydrogen (secondary N) is 1. The molecule has 0 saturated heterocycles. The Balaban J connectivity index is 1.82. The minimum atomic E-state index is -3.52. The predicted molar refractivity (Wildman–Crippen MR) is 98.0 cm³/mol. The summed E-state index contributed by atoms with van der Waals surface area (Å²) in [5.74, 6) is -0.723. The molecule has 8 nitrogen and oxygen atoms in total. The number of nitriles is 1. The molecule has 2 aromatic rings. The smallest absolute Gasteiger partial charge is 0.269 e. The van der Waals surface area contributed by atoms with Gasteiger partial charge < -0.3 is 5.32 Å². The van der Waals surface area contributed by atoms with Gasteiger partial charge in [0.2, 0.25) is 9.84 Å². The zero-order valence-corrected chi connectivity index (χ0v) is 14.4. The van der Waals surface area contributed by atoms with Crippen LogP contribution in [0.4, 0.5) is 11.4 Å². The van der Waals surface area contributed by atoms with Crippen molar-refractivity contribution in [3.8, 4) is 6.07 Å². The van der Waals surface area contributed by atoms with Gasteiger partial charge in [-0.05, 0) is 47.5 Å². The summed E-state index contributed by atoms with van der Waals surface area (Å²) in [4.78, 5) is 22.5. The molecule has 0 saturated carbocycles. The molecule has 1 aliphatic rings. The highest BCUT2D eigenvalue weighted by Crippen LogP contribution is 2.29. The van der Waals surface area contributed by atoms with E-state index in [0.717, 1.165) is 5.41 Å². The maximum atomic E-state index is 12.3. The largest absolute Gasteiger partial charge is 0.321 e. The van der Waals surface area contributed by atoms with Crippen LogP contribution < -0.4 is 5.32 Å². The van der Waals surface area contributed by atoms with Crippen molar-refractivity contribution >= 4 is 39.3 Å². The standard InChI is InChI=1S/C18H11N3O5S/c19-11-14(9-12-1-5-16(6-2-12)21(23)24)18(22)20-15-4-3-13-7-8-27(25,26)17(13)10-15/h1-10H,(H,20,22)/b14-9+. The lowest BCUT2D eigenvalue weighted by Crippen LogP contribution is -2.13. The number of amides is 1. The van der Waals surface area contributed by atoms with Crippen LogP contribution in [0.25, 0.3) is 12.2 Å².